The van der Waals surface area contributed by atoms with Crippen LogP contribution in [0, 0.1) is 37.5 Å². The number of nitrogens with one attached hydrogen (secondary N) is 2. The van der Waals surface area contributed by atoms with Crippen molar-refractivity contribution in [1.29, 1.82) is 0 Å². The molecule has 3 unspecified atom stereocenters. The molecule has 2 saturated carbocycles. The largest absolute Gasteiger partial charge is 0.347 e. The highest BCUT2D eigenvalue weighted by Gasteiger charge is 2.49. The Morgan fingerprint density at radius 2 is 1.04 bits per heavy atom. The summed E-state index contributed by atoms with van der Waals surface area (Å²) in [7, 11) is 0. The lowest BCUT2D eigenvalue weighted by atomic mass is 9.80. The summed E-state index contributed by atoms with van der Waals surface area (Å²) in [5, 5.41) is 7.00. The Bertz CT molecular complexity index is 1740. The van der Waals surface area contributed by atoms with Crippen molar-refractivity contribution in [1.82, 2.24) is 29.9 Å². The molecule has 4 aliphatic rings. The van der Waals surface area contributed by atoms with Gasteiger partial charge in [-0.1, -0.05) is 13.8 Å². The van der Waals surface area contributed by atoms with Gasteiger partial charge < -0.3 is 20.4 Å². The van der Waals surface area contributed by atoms with Crippen molar-refractivity contribution in [3.05, 3.63) is 84.0 Å². The molecule has 6 atom stereocenters. The van der Waals surface area contributed by atoms with Crippen molar-refractivity contribution >= 4 is 35.1 Å². The Morgan fingerprint density at radius 3 is 1.38 bits per heavy atom. The fraction of sp³-hybridized carbons (Fsp3) is 0.474. The number of nitrogens with zero attached hydrogens (tertiary/aromatic N) is 8. The van der Waals surface area contributed by atoms with Crippen LogP contribution in [0.5, 0.6) is 0 Å². The molecule has 12 nitrogen and oxygen atoms in total. The molecule has 2 N–H and O–H groups in total. The quantitative estimate of drug-likeness (QED) is 0.242. The van der Waals surface area contributed by atoms with Crippen LogP contribution >= 0.6 is 0 Å². The van der Waals surface area contributed by atoms with Crippen molar-refractivity contribution in [2.24, 2.45) is 23.7 Å². The van der Waals surface area contributed by atoms with E-state index in [2.05, 4.69) is 54.4 Å². The maximum Gasteiger partial charge on any atom is 0.224 e. The van der Waals surface area contributed by atoms with Crippen LogP contribution in [0.3, 0.4) is 0 Å². The molecule has 0 radical (unpaired) electrons. The Labute approximate surface area is 293 Å². The zero-order valence-electron chi connectivity index (χ0n) is 29.6. The minimum Gasteiger partial charge on any atom is -0.347 e. The van der Waals surface area contributed by atoms with Crippen molar-refractivity contribution in [2.45, 2.75) is 91.4 Å². The van der Waals surface area contributed by atoms with Crippen LogP contribution < -0.4 is 20.4 Å². The van der Waals surface area contributed by atoms with E-state index in [1.54, 1.807) is 38.6 Å². The minimum atomic E-state index is 0.0340. The summed E-state index contributed by atoms with van der Waals surface area (Å²) >= 11 is 0. The van der Waals surface area contributed by atoms with Crippen LogP contribution in [0.15, 0.2) is 61.4 Å². The van der Waals surface area contributed by atoms with Crippen LogP contribution in [0.1, 0.15) is 88.0 Å². The number of hydrogen-bond donors (Lipinski definition) is 2. The molecule has 0 bridgehead atoms. The summed E-state index contributed by atoms with van der Waals surface area (Å²) in [5.41, 5.74) is 5.85. The topological polar surface area (TPSA) is 142 Å². The molecule has 6 heterocycles. The number of rotatable bonds is 6. The maximum atomic E-state index is 12.4. The van der Waals surface area contributed by atoms with Gasteiger partial charge in [-0.2, -0.15) is 0 Å². The number of amides is 2. The molecule has 4 aromatic rings. The van der Waals surface area contributed by atoms with Crippen LogP contribution in [0.25, 0.3) is 0 Å². The third-order valence-electron chi connectivity index (χ3n) is 10.6. The summed E-state index contributed by atoms with van der Waals surface area (Å²) in [6.07, 6.45) is 15.5. The predicted octanol–water partition coefficient (Wildman–Crippen LogP) is 6.23. The van der Waals surface area contributed by atoms with Crippen LogP contribution in [-0.2, 0) is 9.59 Å². The monoisotopic (exact) mass is 674 g/mol. The first-order valence-electron chi connectivity index (χ1n) is 17.7. The van der Waals surface area contributed by atoms with E-state index in [9.17, 15) is 9.59 Å². The molecule has 0 spiro atoms. The number of fused-ring (bicyclic) bond motifs is 2. The van der Waals surface area contributed by atoms with Crippen LogP contribution in [-0.4, -0.2) is 53.8 Å². The summed E-state index contributed by atoms with van der Waals surface area (Å²) in [6.45, 7) is 11.6. The highest BCUT2D eigenvalue weighted by Crippen LogP contribution is 2.51. The molecule has 50 heavy (non-hydrogen) atoms. The molecule has 2 aliphatic carbocycles. The van der Waals surface area contributed by atoms with Gasteiger partial charge in [0.25, 0.3) is 0 Å². The smallest absolute Gasteiger partial charge is 0.224 e. The molecule has 2 fully saturated rings. The summed E-state index contributed by atoms with van der Waals surface area (Å²) in [4.78, 5) is 55.1. The highest BCUT2D eigenvalue weighted by atomic mass is 16.2. The first-order valence-corrected chi connectivity index (χ1v) is 17.7. The Hall–Kier alpha value is -5.00. The average molecular weight is 675 g/mol. The molecular weight excluding hydrogens is 628 g/mol. The molecule has 2 aliphatic heterocycles. The van der Waals surface area contributed by atoms with Gasteiger partial charge in [0.15, 0.2) is 0 Å². The van der Waals surface area contributed by atoms with Crippen molar-refractivity contribution in [3.8, 4) is 0 Å². The fourth-order valence-corrected chi connectivity index (χ4v) is 8.12. The molecule has 4 aromatic heterocycles. The number of pyridine rings is 2. The number of anilines is 4. The Morgan fingerprint density at radius 1 is 0.640 bits per heavy atom. The first kappa shape index (κ1) is 33.5. The maximum absolute atomic E-state index is 12.4. The molecule has 2 amide bonds. The van der Waals surface area contributed by atoms with Gasteiger partial charge in [-0.15, -0.1) is 0 Å². The highest BCUT2D eigenvalue weighted by molar-refractivity contribution is 5.94. The molecular formula is C38H46N10O2. The number of hydrogen-bond acceptors (Lipinski definition) is 10. The second kappa shape index (κ2) is 13.7. The summed E-state index contributed by atoms with van der Waals surface area (Å²) in [6, 6.07) is 8.14. The number of aromatic nitrogens is 6. The van der Waals surface area contributed by atoms with E-state index in [0.717, 1.165) is 33.9 Å². The zero-order valence-corrected chi connectivity index (χ0v) is 29.6. The third-order valence-corrected chi connectivity index (χ3v) is 10.6. The van der Waals surface area contributed by atoms with E-state index >= 15 is 0 Å². The van der Waals surface area contributed by atoms with Gasteiger partial charge in [0, 0.05) is 97.5 Å². The average Bonchev–Trinajstić information content (AvgIpc) is 4.02. The summed E-state index contributed by atoms with van der Waals surface area (Å²) in [5.74, 6) is 3.08. The number of carbonyl (C=O) groups is 2. The normalized spacial score (nSPS) is 25.4. The molecule has 260 valence electrons. The number of carbonyl (C=O) groups excluding carboxylic acids is 2. The fourth-order valence-electron chi connectivity index (χ4n) is 8.12. The van der Waals surface area contributed by atoms with E-state index in [1.165, 1.54) is 25.7 Å². The molecule has 0 aromatic carbocycles. The molecule has 0 saturated heterocycles. The Kier molecular flexibility index (Phi) is 9.19. The van der Waals surface area contributed by atoms with Crippen LogP contribution in [0.4, 0.5) is 23.3 Å². The number of aryl methyl sites for hydroxylation is 2. The zero-order chi connectivity index (χ0) is 35.1. The minimum absolute atomic E-state index is 0.0340. The standard InChI is InChI=1S/2C19H23N5O/c2*1-11-6-9-21-19(22-11)23-17-12(2)18(14-4-5-14)24(13(3)25)16-7-8-20-10-15(16)17/h2*6-10,12,14,17-18H,4-5H2,1-3H3,(H,21,22,23)/t12-,17-,18-;/m1./s1. The van der Waals surface area contributed by atoms with Crippen molar-refractivity contribution in [3.63, 3.8) is 0 Å². The van der Waals surface area contributed by atoms with Crippen molar-refractivity contribution < 1.29 is 9.59 Å². The van der Waals surface area contributed by atoms with Crippen molar-refractivity contribution in [2.75, 3.05) is 20.4 Å². The van der Waals surface area contributed by atoms with E-state index in [1.807, 2.05) is 60.3 Å². The summed E-state index contributed by atoms with van der Waals surface area (Å²) < 4.78 is 0. The van der Waals surface area contributed by atoms with E-state index in [-0.39, 0.29) is 47.8 Å². The van der Waals surface area contributed by atoms with Gasteiger partial charge in [-0.25, -0.2) is 19.9 Å². The van der Waals surface area contributed by atoms with E-state index in [0.29, 0.717) is 23.7 Å². The van der Waals surface area contributed by atoms with Crippen LogP contribution in [0.2, 0.25) is 0 Å². The molecule has 12 heteroatoms. The second-order valence-electron chi connectivity index (χ2n) is 14.3. The van der Waals surface area contributed by atoms with Gasteiger partial charge in [0.2, 0.25) is 23.7 Å². The lowest BCUT2D eigenvalue weighted by Gasteiger charge is -2.45. The SMILES string of the molecule is CC(=O)N1c2ccncc2C(Nc2nccc(C)n2)C(C)C1C1CC1.CC(=O)N1c2ccncc2[C@H](Nc2nccc(C)n2)[C@@H](C)[C@@H]1C1CC1. The second-order valence-corrected chi connectivity index (χ2v) is 14.3. The predicted molar refractivity (Wildman–Crippen MR) is 192 cm³/mol. The van der Waals surface area contributed by atoms with Gasteiger partial charge in [0.1, 0.15) is 0 Å². The first-order chi connectivity index (χ1) is 24.1. The van der Waals surface area contributed by atoms with Gasteiger partial charge >= 0.3 is 0 Å². The van der Waals surface area contributed by atoms with E-state index in [4.69, 9.17) is 0 Å². The van der Waals surface area contributed by atoms with E-state index < -0.39 is 0 Å². The molecule has 8 rings (SSSR count). The lowest BCUT2D eigenvalue weighted by molar-refractivity contribution is -0.118. The van der Waals surface area contributed by atoms with Gasteiger partial charge in [-0.3, -0.25) is 19.6 Å². The third kappa shape index (κ3) is 6.63. The van der Waals surface area contributed by atoms with Gasteiger partial charge in [-0.05, 0) is 75.6 Å². The lowest BCUT2D eigenvalue weighted by Crippen LogP contribution is -2.51. The van der Waals surface area contributed by atoms with Gasteiger partial charge in [0.05, 0.1) is 23.5 Å². The Balaban J connectivity index is 0.000000157.